The standard InChI is InChI=1S/C17H14Cl2N2O3S.C5H10O2/c1-10(22)21(2)17-13(18)6-5-12(16(17)19)15-8-14-11(4-3-7-20-14)9-25(15,23)24;1-5(2,3)4(6)7/h3-8H,9H2,1-2H3;1-3H3,(H,6,7). The summed E-state index contributed by atoms with van der Waals surface area (Å²) in [6.07, 6.45) is 3.10. The van der Waals surface area contributed by atoms with Crippen molar-refractivity contribution in [3.8, 4) is 0 Å². The fourth-order valence-electron chi connectivity index (χ4n) is 2.64. The quantitative estimate of drug-likeness (QED) is 0.630. The van der Waals surface area contributed by atoms with Gasteiger partial charge in [-0.3, -0.25) is 14.6 Å². The minimum atomic E-state index is -3.60. The van der Waals surface area contributed by atoms with Crippen LogP contribution in [0.25, 0.3) is 11.0 Å². The second-order valence-corrected chi connectivity index (χ2v) is 10.9. The van der Waals surface area contributed by atoms with E-state index in [4.69, 9.17) is 28.3 Å². The topological polar surface area (TPSA) is 105 Å². The number of amides is 1. The molecule has 0 aliphatic carbocycles. The normalized spacial score (nSPS) is 14.4. The highest BCUT2D eigenvalue weighted by molar-refractivity contribution is 8.00. The lowest BCUT2D eigenvalue weighted by atomic mass is 9.98. The van der Waals surface area contributed by atoms with Gasteiger partial charge < -0.3 is 10.0 Å². The van der Waals surface area contributed by atoms with Gasteiger partial charge >= 0.3 is 5.97 Å². The average Bonchev–Trinajstić information content (AvgIpc) is 2.67. The third kappa shape index (κ3) is 5.68. The molecule has 1 amide bonds. The molecule has 0 atom stereocenters. The summed E-state index contributed by atoms with van der Waals surface area (Å²) >= 11 is 12.6. The SMILES string of the molecule is CC(=O)N(C)c1c(Cl)ccc(C2=Cc3ncccc3CS2(=O)=O)c1Cl.CC(C)(C)C(=O)O. The molecule has 3 rings (SSSR count). The van der Waals surface area contributed by atoms with Crippen LogP contribution in [0.2, 0.25) is 10.0 Å². The van der Waals surface area contributed by atoms with E-state index >= 15 is 0 Å². The molecule has 0 saturated heterocycles. The van der Waals surface area contributed by atoms with Crippen molar-refractivity contribution >= 4 is 61.6 Å². The number of pyridine rings is 1. The number of halogens is 2. The van der Waals surface area contributed by atoms with Gasteiger partial charge in [0, 0.05) is 25.7 Å². The van der Waals surface area contributed by atoms with Crippen LogP contribution in [0.3, 0.4) is 0 Å². The van der Waals surface area contributed by atoms with Crippen molar-refractivity contribution in [2.24, 2.45) is 5.41 Å². The van der Waals surface area contributed by atoms with Crippen LogP contribution in [0.1, 0.15) is 44.5 Å². The third-order valence-electron chi connectivity index (χ3n) is 4.66. The van der Waals surface area contributed by atoms with Crippen LogP contribution in [0, 0.1) is 5.41 Å². The number of aromatic nitrogens is 1. The van der Waals surface area contributed by atoms with E-state index in [-0.39, 0.29) is 32.3 Å². The smallest absolute Gasteiger partial charge is 0.308 e. The first-order valence-electron chi connectivity index (χ1n) is 9.51. The van der Waals surface area contributed by atoms with E-state index < -0.39 is 21.2 Å². The largest absolute Gasteiger partial charge is 0.481 e. The Hall–Kier alpha value is -2.42. The molecule has 10 heteroatoms. The molecule has 0 spiro atoms. The van der Waals surface area contributed by atoms with Crippen LogP contribution in [0.15, 0.2) is 30.5 Å². The molecule has 1 aromatic carbocycles. The van der Waals surface area contributed by atoms with Gasteiger partial charge in [0.05, 0.1) is 37.5 Å². The molecule has 0 fully saturated rings. The highest BCUT2D eigenvalue weighted by Crippen LogP contribution is 2.42. The highest BCUT2D eigenvalue weighted by atomic mass is 35.5. The summed E-state index contributed by atoms with van der Waals surface area (Å²) in [4.78, 5) is 27.3. The summed E-state index contributed by atoms with van der Waals surface area (Å²) in [5, 5.41) is 8.62. The molecule has 2 heterocycles. The maximum atomic E-state index is 12.7. The van der Waals surface area contributed by atoms with E-state index in [2.05, 4.69) is 4.98 Å². The van der Waals surface area contributed by atoms with Crippen LogP contribution in [-0.4, -0.2) is 37.4 Å². The monoisotopic (exact) mass is 498 g/mol. The second kappa shape index (κ2) is 9.60. The predicted molar refractivity (Wildman–Crippen MR) is 127 cm³/mol. The number of fused-ring (bicyclic) bond motifs is 1. The van der Waals surface area contributed by atoms with Crippen molar-refractivity contribution < 1.29 is 23.1 Å². The number of carboxylic acids is 1. The minimum absolute atomic E-state index is 0.0681. The summed E-state index contributed by atoms with van der Waals surface area (Å²) in [6.45, 7) is 6.36. The Balaban J connectivity index is 0.000000451. The average molecular weight is 499 g/mol. The number of carbonyl (C=O) groups excluding carboxylic acids is 1. The number of anilines is 1. The molecular formula is C22H24Cl2N2O5S. The van der Waals surface area contributed by atoms with Crippen molar-refractivity contribution in [3.63, 3.8) is 0 Å². The number of hydrogen-bond acceptors (Lipinski definition) is 5. The summed E-state index contributed by atoms with van der Waals surface area (Å²) in [7, 11) is -2.07. The third-order valence-corrected chi connectivity index (χ3v) is 7.04. The maximum absolute atomic E-state index is 12.7. The van der Waals surface area contributed by atoms with Gasteiger partial charge in [-0.15, -0.1) is 0 Å². The number of hydrogen-bond donors (Lipinski definition) is 1. The zero-order valence-electron chi connectivity index (χ0n) is 18.3. The Kier molecular flexibility index (Phi) is 7.75. The molecule has 7 nitrogen and oxygen atoms in total. The molecule has 1 aliphatic rings. The number of benzene rings is 1. The lowest BCUT2D eigenvalue weighted by Crippen LogP contribution is -2.24. The fraction of sp³-hybridized carbons (Fsp3) is 0.318. The van der Waals surface area contributed by atoms with Crippen molar-refractivity contribution in [2.45, 2.75) is 33.4 Å². The Labute approximate surface area is 197 Å². The molecule has 2 aromatic rings. The van der Waals surface area contributed by atoms with E-state index in [9.17, 15) is 18.0 Å². The van der Waals surface area contributed by atoms with Crippen LogP contribution in [0.5, 0.6) is 0 Å². The van der Waals surface area contributed by atoms with Crippen molar-refractivity contribution in [1.82, 2.24) is 4.98 Å². The van der Waals surface area contributed by atoms with E-state index in [1.807, 2.05) is 0 Å². The summed E-state index contributed by atoms with van der Waals surface area (Å²) in [6, 6.07) is 6.50. The van der Waals surface area contributed by atoms with Crippen molar-refractivity contribution in [3.05, 3.63) is 57.3 Å². The van der Waals surface area contributed by atoms with Gasteiger partial charge in [-0.1, -0.05) is 35.3 Å². The molecule has 0 unspecified atom stereocenters. The minimum Gasteiger partial charge on any atom is -0.481 e. The van der Waals surface area contributed by atoms with Gasteiger partial charge in [0.25, 0.3) is 0 Å². The van der Waals surface area contributed by atoms with Gasteiger partial charge in [-0.05, 0) is 44.5 Å². The Morgan fingerprint density at radius 1 is 1.16 bits per heavy atom. The predicted octanol–water partition coefficient (Wildman–Crippen LogP) is 4.91. The molecule has 32 heavy (non-hydrogen) atoms. The van der Waals surface area contributed by atoms with Crippen LogP contribution in [-0.2, 0) is 25.2 Å². The Bertz CT molecular complexity index is 1200. The zero-order valence-corrected chi connectivity index (χ0v) is 20.6. The number of sulfone groups is 1. The van der Waals surface area contributed by atoms with Gasteiger partial charge in [0.15, 0.2) is 9.84 Å². The maximum Gasteiger partial charge on any atom is 0.308 e. The molecular weight excluding hydrogens is 475 g/mol. The van der Waals surface area contributed by atoms with Crippen molar-refractivity contribution in [1.29, 1.82) is 0 Å². The molecule has 172 valence electrons. The van der Waals surface area contributed by atoms with E-state index in [0.717, 1.165) is 0 Å². The second-order valence-electron chi connectivity index (χ2n) is 8.21. The number of carbonyl (C=O) groups is 2. The van der Waals surface area contributed by atoms with Gasteiger partial charge in [0.1, 0.15) is 0 Å². The molecule has 1 N–H and O–H groups in total. The Morgan fingerprint density at radius 3 is 2.28 bits per heavy atom. The van der Waals surface area contributed by atoms with Gasteiger partial charge in [-0.2, -0.15) is 0 Å². The fourth-order valence-corrected chi connectivity index (χ4v) is 5.03. The first kappa shape index (κ1) is 25.8. The molecule has 0 bridgehead atoms. The van der Waals surface area contributed by atoms with E-state index in [1.54, 1.807) is 45.2 Å². The lowest BCUT2D eigenvalue weighted by molar-refractivity contribution is -0.145. The first-order chi connectivity index (χ1) is 14.7. The molecule has 1 aliphatic heterocycles. The lowest BCUT2D eigenvalue weighted by Gasteiger charge is -2.22. The summed E-state index contributed by atoms with van der Waals surface area (Å²) in [5.74, 6) is -1.18. The van der Waals surface area contributed by atoms with Crippen LogP contribution in [0.4, 0.5) is 5.69 Å². The van der Waals surface area contributed by atoms with E-state index in [0.29, 0.717) is 16.8 Å². The number of nitrogens with zero attached hydrogens (tertiary/aromatic N) is 2. The Morgan fingerprint density at radius 2 is 1.75 bits per heavy atom. The van der Waals surface area contributed by atoms with E-state index in [1.165, 1.54) is 31.0 Å². The molecule has 1 aromatic heterocycles. The number of aliphatic carboxylic acids is 1. The van der Waals surface area contributed by atoms with Crippen LogP contribution >= 0.6 is 23.2 Å². The van der Waals surface area contributed by atoms with Crippen LogP contribution < -0.4 is 4.90 Å². The number of carboxylic acid groups (broad SMARTS) is 1. The van der Waals surface area contributed by atoms with Gasteiger partial charge in [0.2, 0.25) is 5.91 Å². The van der Waals surface area contributed by atoms with Crippen molar-refractivity contribution in [2.75, 3.05) is 11.9 Å². The first-order valence-corrected chi connectivity index (χ1v) is 11.9. The summed E-state index contributed by atoms with van der Waals surface area (Å²) in [5.41, 5.74) is 1.21. The summed E-state index contributed by atoms with van der Waals surface area (Å²) < 4.78 is 25.5. The molecule has 0 radical (unpaired) electrons. The molecule has 0 saturated carbocycles. The van der Waals surface area contributed by atoms with Gasteiger partial charge in [-0.25, -0.2) is 8.42 Å². The number of rotatable bonds is 2. The zero-order chi connectivity index (χ0) is 24.4. The highest BCUT2D eigenvalue weighted by Gasteiger charge is 2.30.